The van der Waals surface area contributed by atoms with Crippen molar-refractivity contribution in [1.82, 2.24) is 20.1 Å². The molecule has 1 spiro atoms. The van der Waals surface area contributed by atoms with E-state index in [4.69, 9.17) is 4.74 Å². The Balaban J connectivity index is 1.75. The van der Waals surface area contributed by atoms with E-state index in [0.29, 0.717) is 12.3 Å². The van der Waals surface area contributed by atoms with Gasteiger partial charge in [0, 0.05) is 38.3 Å². The van der Waals surface area contributed by atoms with E-state index >= 15 is 0 Å². The number of aromatic nitrogens is 1. The van der Waals surface area contributed by atoms with Gasteiger partial charge in [-0.3, -0.25) is 14.5 Å². The van der Waals surface area contributed by atoms with E-state index < -0.39 is 0 Å². The Bertz CT molecular complexity index is 651. The quantitative estimate of drug-likeness (QED) is 0.853. The van der Waals surface area contributed by atoms with Crippen LogP contribution in [0.1, 0.15) is 31.2 Å². The summed E-state index contributed by atoms with van der Waals surface area (Å²) in [5.41, 5.74) is 0.821. The summed E-state index contributed by atoms with van der Waals surface area (Å²) >= 11 is 0. The van der Waals surface area contributed by atoms with E-state index in [1.165, 1.54) is 0 Å². The van der Waals surface area contributed by atoms with Crippen LogP contribution in [-0.4, -0.2) is 65.9 Å². The zero-order chi connectivity index (χ0) is 17.9. The molecule has 2 saturated heterocycles. The van der Waals surface area contributed by atoms with E-state index in [9.17, 15) is 9.59 Å². The molecule has 7 heteroatoms. The maximum Gasteiger partial charge on any atom is 0.239 e. The first-order chi connectivity index (χ1) is 12.1. The average molecular weight is 346 g/mol. The summed E-state index contributed by atoms with van der Waals surface area (Å²) in [7, 11) is 3.24. The molecular weight excluding hydrogens is 320 g/mol. The number of methoxy groups -OCH3 is 1. The highest BCUT2D eigenvalue weighted by molar-refractivity contribution is 5.86. The van der Waals surface area contributed by atoms with Crippen LogP contribution in [0.25, 0.3) is 0 Å². The number of likely N-dealkylation sites (tertiary alicyclic amines) is 2. The van der Waals surface area contributed by atoms with Gasteiger partial charge in [-0.05, 0) is 31.9 Å². The first-order valence-electron chi connectivity index (χ1n) is 8.79. The Hall–Kier alpha value is -2.15. The van der Waals surface area contributed by atoms with Crippen molar-refractivity contribution in [2.45, 2.75) is 37.8 Å². The summed E-state index contributed by atoms with van der Waals surface area (Å²) in [6.45, 7) is 2.65. The molecule has 0 bridgehead atoms. The lowest BCUT2D eigenvalue weighted by atomic mass is 9.86. The SMILES string of the molecule is CNC(=O)CN1C(=O)CCC12CCCN(Cc1cccnc1OC)C2. The normalized spacial score (nSPS) is 23.9. The molecule has 1 aromatic rings. The summed E-state index contributed by atoms with van der Waals surface area (Å²) in [5.74, 6) is 0.622. The van der Waals surface area contributed by atoms with E-state index in [0.717, 1.165) is 44.5 Å². The second-order valence-electron chi connectivity index (χ2n) is 6.86. The van der Waals surface area contributed by atoms with Crippen molar-refractivity contribution < 1.29 is 14.3 Å². The number of likely N-dealkylation sites (N-methyl/N-ethyl adjacent to an activating group) is 1. The second kappa shape index (κ2) is 7.39. The monoisotopic (exact) mass is 346 g/mol. The number of hydrogen-bond acceptors (Lipinski definition) is 5. The highest BCUT2D eigenvalue weighted by atomic mass is 16.5. The van der Waals surface area contributed by atoms with Gasteiger partial charge in [-0.1, -0.05) is 6.07 Å². The molecule has 2 aliphatic rings. The minimum Gasteiger partial charge on any atom is -0.481 e. The Kier molecular flexibility index (Phi) is 5.22. The van der Waals surface area contributed by atoms with Crippen molar-refractivity contribution >= 4 is 11.8 Å². The molecular formula is C18H26N4O3. The molecule has 2 aliphatic heterocycles. The largest absolute Gasteiger partial charge is 0.481 e. The van der Waals surface area contributed by atoms with Crippen molar-refractivity contribution in [2.75, 3.05) is 33.8 Å². The molecule has 3 rings (SSSR count). The molecule has 0 saturated carbocycles. The van der Waals surface area contributed by atoms with Crippen molar-refractivity contribution in [3.05, 3.63) is 23.9 Å². The number of carbonyl (C=O) groups is 2. The molecule has 2 fully saturated rings. The van der Waals surface area contributed by atoms with Gasteiger partial charge in [0.15, 0.2) is 0 Å². The molecule has 136 valence electrons. The number of ether oxygens (including phenoxy) is 1. The number of amides is 2. The van der Waals surface area contributed by atoms with Crippen LogP contribution >= 0.6 is 0 Å². The Morgan fingerprint density at radius 1 is 1.44 bits per heavy atom. The number of nitrogens with one attached hydrogen (secondary N) is 1. The molecule has 1 aromatic heterocycles. The number of hydrogen-bond donors (Lipinski definition) is 1. The third-order valence-electron chi connectivity index (χ3n) is 5.33. The maximum absolute atomic E-state index is 12.4. The molecule has 7 nitrogen and oxygen atoms in total. The molecule has 25 heavy (non-hydrogen) atoms. The number of pyridine rings is 1. The van der Waals surface area contributed by atoms with Crippen LogP contribution in [0.4, 0.5) is 0 Å². The second-order valence-corrected chi connectivity index (χ2v) is 6.86. The van der Waals surface area contributed by atoms with Crippen molar-refractivity contribution in [2.24, 2.45) is 0 Å². The summed E-state index contributed by atoms with van der Waals surface area (Å²) in [4.78, 5) is 32.6. The van der Waals surface area contributed by atoms with Gasteiger partial charge in [0.1, 0.15) is 6.54 Å². The van der Waals surface area contributed by atoms with E-state index in [2.05, 4.69) is 15.2 Å². The van der Waals surface area contributed by atoms with Crippen LogP contribution in [0.2, 0.25) is 0 Å². The molecule has 3 heterocycles. The lowest BCUT2D eigenvalue weighted by Crippen LogP contribution is -2.58. The summed E-state index contributed by atoms with van der Waals surface area (Å²) in [5, 5.41) is 2.63. The van der Waals surface area contributed by atoms with Crippen LogP contribution < -0.4 is 10.1 Å². The van der Waals surface area contributed by atoms with Crippen molar-refractivity contribution in [1.29, 1.82) is 0 Å². The molecule has 0 aliphatic carbocycles. The number of nitrogens with zero attached hydrogens (tertiary/aromatic N) is 3. The predicted molar refractivity (Wildman–Crippen MR) is 93.0 cm³/mol. The van der Waals surface area contributed by atoms with Crippen LogP contribution in [0.15, 0.2) is 18.3 Å². The van der Waals surface area contributed by atoms with Gasteiger partial charge in [0.05, 0.1) is 12.6 Å². The molecule has 1 atom stereocenters. The standard InChI is InChI=1S/C18H26N4O3/c1-19-15(23)12-22-16(24)6-8-18(22)7-4-10-21(13-18)11-14-5-3-9-20-17(14)25-2/h3,5,9H,4,6-8,10-13H2,1-2H3,(H,19,23). The highest BCUT2D eigenvalue weighted by Gasteiger charge is 2.48. The Morgan fingerprint density at radius 2 is 2.28 bits per heavy atom. The lowest BCUT2D eigenvalue weighted by molar-refractivity contribution is -0.138. The summed E-state index contributed by atoms with van der Waals surface area (Å²) < 4.78 is 5.35. The fraction of sp³-hybridized carbons (Fsp3) is 0.611. The topological polar surface area (TPSA) is 74.8 Å². The lowest BCUT2D eigenvalue weighted by Gasteiger charge is -2.45. The van der Waals surface area contributed by atoms with Gasteiger partial charge >= 0.3 is 0 Å². The van der Waals surface area contributed by atoms with Gasteiger partial charge in [0.2, 0.25) is 17.7 Å². The van der Waals surface area contributed by atoms with Crippen LogP contribution in [0.5, 0.6) is 5.88 Å². The summed E-state index contributed by atoms with van der Waals surface area (Å²) in [6.07, 6.45) is 5.04. The van der Waals surface area contributed by atoms with Crippen molar-refractivity contribution in [3.63, 3.8) is 0 Å². The van der Waals surface area contributed by atoms with Gasteiger partial charge in [0.25, 0.3) is 0 Å². The minimum atomic E-state index is -0.225. The molecule has 0 aromatic carbocycles. The van der Waals surface area contributed by atoms with Gasteiger partial charge in [-0.2, -0.15) is 0 Å². The fourth-order valence-electron chi connectivity index (χ4n) is 4.09. The fourth-order valence-corrected chi connectivity index (χ4v) is 4.09. The Labute approximate surface area is 148 Å². The number of piperidine rings is 1. The van der Waals surface area contributed by atoms with Crippen LogP contribution in [0.3, 0.4) is 0 Å². The predicted octanol–water partition coefficient (Wildman–Crippen LogP) is 0.793. The zero-order valence-electron chi connectivity index (χ0n) is 15.0. The first kappa shape index (κ1) is 17.7. The maximum atomic E-state index is 12.4. The zero-order valence-corrected chi connectivity index (χ0v) is 15.0. The minimum absolute atomic E-state index is 0.0874. The highest BCUT2D eigenvalue weighted by Crippen LogP contribution is 2.38. The number of rotatable bonds is 5. The molecule has 1 N–H and O–H groups in total. The smallest absolute Gasteiger partial charge is 0.239 e. The van der Waals surface area contributed by atoms with E-state index in [1.807, 2.05) is 12.1 Å². The van der Waals surface area contributed by atoms with Crippen molar-refractivity contribution in [3.8, 4) is 5.88 Å². The van der Waals surface area contributed by atoms with E-state index in [1.54, 1.807) is 25.3 Å². The van der Waals surface area contributed by atoms with Crippen LogP contribution in [-0.2, 0) is 16.1 Å². The molecule has 1 unspecified atom stereocenters. The van der Waals surface area contributed by atoms with Gasteiger partial charge < -0.3 is 15.0 Å². The average Bonchev–Trinajstić information content (AvgIpc) is 2.91. The van der Waals surface area contributed by atoms with Gasteiger partial charge in [-0.15, -0.1) is 0 Å². The third-order valence-corrected chi connectivity index (χ3v) is 5.33. The first-order valence-corrected chi connectivity index (χ1v) is 8.79. The van der Waals surface area contributed by atoms with Gasteiger partial charge in [-0.25, -0.2) is 4.98 Å². The van der Waals surface area contributed by atoms with Crippen LogP contribution in [0, 0.1) is 0 Å². The molecule has 0 radical (unpaired) electrons. The van der Waals surface area contributed by atoms with E-state index in [-0.39, 0.29) is 23.9 Å². The third kappa shape index (κ3) is 3.61. The summed E-state index contributed by atoms with van der Waals surface area (Å²) in [6, 6.07) is 3.93. The molecule has 2 amide bonds. The Morgan fingerprint density at radius 3 is 3.04 bits per heavy atom. The number of carbonyl (C=O) groups excluding carboxylic acids is 2.